The SMILES string of the molecule is O=C(C[NH+]1CCN(C(=O)N2CCCCC2)CC1)Nc1ccc(Br)cc1. The number of benzene rings is 1. The third-order valence-electron chi connectivity index (χ3n) is 4.91. The first-order valence-corrected chi connectivity index (χ1v) is 9.84. The Morgan fingerprint density at radius 3 is 2.20 bits per heavy atom. The molecule has 2 heterocycles. The summed E-state index contributed by atoms with van der Waals surface area (Å²) in [5.74, 6) is 0.0214. The first kappa shape index (κ1) is 18.2. The number of amides is 3. The average Bonchev–Trinajstić information content (AvgIpc) is 2.64. The van der Waals surface area contributed by atoms with Crippen LogP contribution in [0.1, 0.15) is 19.3 Å². The third-order valence-corrected chi connectivity index (χ3v) is 5.43. The number of carbonyl (C=O) groups is 2. The molecule has 2 saturated heterocycles. The van der Waals surface area contributed by atoms with Gasteiger partial charge in [0.1, 0.15) is 0 Å². The minimum Gasteiger partial charge on any atom is -0.325 e. The lowest BCUT2D eigenvalue weighted by molar-refractivity contribution is -0.895. The molecule has 0 aromatic heterocycles. The molecule has 2 aliphatic heterocycles. The van der Waals surface area contributed by atoms with Gasteiger partial charge in [-0.25, -0.2) is 4.79 Å². The molecule has 1 aromatic rings. The second-order valence-corrected chi connectivity index (χ2v) is 7.71. The van der Waals surface area contributed by atoms with Gasteiger partial charge >= 0.3 is 6.03 Å². The highest BCUT2D eigenvalue weighted by Gasteiger charge is 2.28. The number of anilines is 1. The van der Waals surface area contributed by atoms with Crippen LogP contribution in [0.25, 0.3) is 0 Å². The van der Waals surface area contributed by atoms with Crippen LogP contribution in [0.5, 0.6) is 0 Å². The summed E-state index contributed by atoms with van der Waals surface area (Å²) in [5.41, 5.74) is 0.812. The lowest BCUT2D eigenvalue weighted by Gasteiger charge is -2.36. The molecule has 0 saturated carbocycles. The molecule has 3 rings (SSSR count). The summed E-state index contributed by atoms with van der Waals surface area (Å²) >= 11 is 3.38. The lowest BCUT2D eigenvalue weighted by Crippen LogP contribution is -3.15. The summed E-state index contributed by atoms with van der Waals surface area (Å²) < 4.78 is 0.991. The molecule has 1 aromatic carbocycles. The summed E-state index contributed by atoms with van der Waals surface area (Å²) in [6.45, 7) is 5.35. The Hall–Kier alpha value is -1.60. The highest BCUT2D eigenvalue weighted by atomic mass is 79.9. The standard InChI is InChI=1S/C18H25BrN4O2/c19-15-4-6-16(7-5-15)20-17(24)14-21-10-12-23(13-11-21)18(25)22-8-2-1-3-9-22/h4-7H,1-3,8-14H2,(H,20,24)/p+1. The van der Waals surface area contributed by atoms with Gasteiger partial charge < -0.3 is 20.0 Å². The van der Waals surface area contributed by atoms with Crippen molar-refractivity contribution in [1.82, 2.24) is 9.80 Å². The number of rotatable bonds is 3. The first-order chi connectivity index (χ1) is 12.1. The maximum Gasteiger partial charge on any atom is 0.320 e. The van der Waals surface area contributed by atoms with Crippen LogP contribution in [-0.2, 0) is 4.79 Å². The number of urea groups is 1. The van der Waals surface area contributed by atoms with E-state index in [1.165, 1.54) is 11.3 Å². The van der Waals surface area contributed by atoms with Gasteiger partial charge in [-0.1, -0.05) is 15.9 Å². The summed E-state index contributed by atoms with van der Waals surface area (Å²) in [5, 5.41) is 2.93. The van der Waals surface area contributed by atoms with Crippen LogP contribution in [0.3, 0.4) is 0 Å². The lowest BCUT2D eigenvalue weighted by atomic mass is 10.1. The minimum absolute atomic E-state index is 0.0214. The second-order valence-electron chi connectivity index (χ2n) is 6.80. The molecular weight excluding hydrogens is 384 g/mol. The van der Waals surface area contributed by atoms with E-state index in [1.807, 2.05) is 34.1 Å². The maximum absolute atomic E-state index is 12.5. The largest absolute Gasteiger partial charge is 0.325 e. The third kappa shape index (κ3) is 5.19. The molecule has 0 bridgehead atoms. The van der Waals surface area contributed by atoms with Crippen molar-refractivity contribution < 1.29 is 14.5 Å². The minimum atomic E-state index is 0.0214. The number of carbonyl (C=O) groups excluding carboxylic acids is 2. The van der Waals surface area contributed by atoms with Crippen molar-refractivity contribution >= 4 is 33.6 Å². The van der Waals surface area contributed by atoms with Gasteiger partial charge in [0.05, 0.1) is 26.2 Å². The van der Waals surface area contributed by atoms with Crippen LogP contribution >= 0.6 is 15.9 Å². The number of quaternary nitrogens is 1. The van der Waals surface area contributed by atoms with Crippen LogP contribution in [0, 0.1) is 0 Å². The fourth-order valence-electron chi connectivity index (χ4n) is 3.44. The molecule has 7 heteroatoms. The van der Waals surface area contributed by atoms with Crippen molar-refractivity contribution in [2.75, 3.05) is 51.1 Å². The molecular formula is C18H26BrN4O2+. The van der Waals surface area contributed by atoms with Crippen molar-refractivity contribution in [2.45, 2.75) is 19.3 Å². The molecule has 0 aliphatic carbocycles. The Morgan fingerprint density at radius 2 is 1.56 bits per heavy atom. The molecule has 0 unspecified atom stereocenters. The van der Waals surface area contributed by atoms with Gasteiger partial charge in [0, 0.05) is 23.2 Å². The van der Waals surface area contributed by atoms with Crippen molar-refractivity contribution in [1.29, 1.82) is 0 Å². The maximum atomic E-state index is 12.5. The zero-order valence-electron chi connectivity index (χ0n) is 14.5. The number of hydrogen-bond acceptors (Lipinski definition) is 2. The summed E-state index contributed by atoms with van der Waals surface area (Å²) in [6, 6.07) is 7.76. The summed E-state index contributed by atoms with van der Waals surface area (Å²) in [4.78, 5) is 29.9. The van der Waals surface area contributed by atoms with Crippen LogP contribution in [0.15, 0.2) is 28.7 Å². The van der Waals surface area contributed by atoms with E-state index in [4.69, 9.17) is 0 Å². The van der Waals surface area contributed by atoms with Gasteiger partial charge in [0.2, 0.25) is 0 Å². The monoisotopic (exact) mass is 409 g/mol. The van der Waals surface area contributed by atoms with Crippen LogP contribution < -0.4 is 10.2 Å². The number of halogens is 1. The topological polar surface area (TPSA) is 57.1 Å². The van der Waals surface area contributed by atoms with E-state index >= 15 is 0 Å². The molecule has 25 heavy (non-hydrogen) atoms. The molecule has 2 N–H and O–H groups in total. The molecule has 3 amide bonds. The summed E-state index contributed by atoms with van der Waals surface area (Å²) in [7, 11) is 0. The summed E-state index contributed by atoms with van der Waals surface area (Å²) in [6.07, 6.45) is 3.47. The Kier molecular flexibility index (Phi) is 6.31. The average molecular weight is 410 g/mol. The normalized spacial score (nSPS) is 18.9. The fraction of sp³-hybridized carbons (Fsp3) is 0.556. The predicted octanol–water partition coefficient (Wildman–Crippen LogP) is 1.19. The molecule has 2 aliphatic rings. The van der Waals surface area contributed by atoms with Crippen molar-refractivity contribution in [3.05, 3.63) is 28.7 Å². The molecule has 6 nitrogen and oxygen atoms in total. The number of nitrogens with one attached hydrogen (secondary N) is 2. The zero-order chi connectivity index (χ0) is 17.6. The molecule has 0 atom stereocenters. The smallest absolute Gasteiger partial charge is 0.320 e. The van der Waals surface area contributed by atoms with E-state index in [0.29, 0.717) is 6.54 Å². The Labute approximate surface area is 157 Å². The zero-order valence-corrected chi connectivity index (χ0v) is 16.1. The van der Waals surface area contributed by atoms with E-state index in [-0.39, 0.29) is 11.9 Å². The van der Waals surface area contributed by atoms with Gasteiger partial charge in [0.25, 0.3) is 5.91 Å². The van der Waals surface area contributed by atoms with Gasteiger partial charge in [-0.2, -0.15) is 0 Å². The van der Waals surface area contributed by atoms with Crippen molar-refractivity contribution in [2.24, 2.45) is 0 Å². The number of nitrogens with zero attached hydrogens (tertiary/aromatic N) is 2. The highest BCUT2D eigenvalue weighted by molar-refractivity contribution is 9.10. The van der Waals surface area contributed by atoms with Crippen molar-refractivity contribution in [3.8, 4) is 0 Å². The van der Waals surface area contributed by atoms with E-state index in [0.717, 1.165) is 62.3 Å². The van der Waals surface area contributed by atoms with E-state index in [1.54, 1.807) is 0 Å². The Morgan fingerprint density at radius 1 is 0.960 bits per heavy atom. The molecule has 136 valence electrons. The number of likely N-dealkylation sites (tertiary alicyclic amines) is 1. The Balaban J connectivity index is 1.41. The van der Waals surface area contributed by atoms with Crippen LogP contribution in [0.4, 0.5) is 10.5 Å². The van der Waals surface area contributed by atoms with Crippen LogP contribution in [-0.4, -0.2) is 67.6 Å². The van der Waals surface area contributed by atoms with Crippen LogP contribution in [0.2, 0.25) is 0 Å². The van der Waals surface area contributed by atoms with E-state index in [9.17, 15) is 9.59 Å². The predicted molar refractivity (Wildman–Crippen MR) is 101 cm³/mol. The molecule has 0 spiro atoms. The first-order valence-electron chi connectivity index (χ1n) is 9.04. The van der Waals surface area contributed by atoms with Gasteiger partial charge in [-0.05, 0) is 43.5 Å². The van der Waals surface area contributed by atoms with Crippen molar-refractivity contribution in [3.63, 3.8) is 0 Å². The number of piperazine rings is 1. The van der Waals surface area contributed by atoms with E-state index in [2.05, 4.69) is 21.2 Å². The van der Waals surface area contributed by atoms with Gasteiger partial charge in [-0.15, -0.1) is 0 Å². The van der Waals surface area contributed by atoms with E-state index < -0.39 is 0 Å². The quantitative estimate of drug-likeness (QED) is 0.787. The van der Waals surface area contributed by atoms with Gasteiger partial charge in [0.15, 0.2) is 6.54 Å². The fourth-order valence-corrected chi connectivity index (χ4v) is 3.71. The number of piperidine rings is 1. The number of hydrogen-bond donors (Lipinski definition) is 2. The Bertz CT molecular complexity index is 594. The molecule has 0 radical (unpaired) electrons. The molecule has 2 fully saturated rings. The van der Waals surface area contributed by atoms with Gasteiger partial charge in [-0.3, -0.25) is 4.79 Å². The highest BCUT2D eigenvalue weighted by Crippen LogP contribution is 2.14. The second kappa shape index (κ2) is 8.67.